The predicted molar refractivity (Wildman–Crippen MR) is 92.2 cm³/mol. The first-order valence-electron chi connectivity index (χ1n) is 7.46. The molecule has 0 aliphatic carbocycles. The van der Waals surface area contributed by atoms with Crippen LogP contribution in [-0.4, -0.2) is 49.4 Å². The van der Waals surface area contributed by atoms with Gasteiger partial charge < -0.3 is 10.6 Å². The van der Waals surface area contributed by atoms with E-state index in [1.165, 1.54) is 11.4 Å². The summed E-state index contributed by atoms with van der Waals surface area (Å²) in [5.74, 6) is -0.611. The van der Waals surface area contributed by atoms with Crippen LogP contribution in [0.15, 0.2) is 36.9 Å². The van der Waals surface area contributed by atoms with E-state index in [4.69, 9.17) is 0 Å². The smallest absolute Gasteiger partial charge is 0.251 e. The summed E-state index contributed by atoms with van der Waals surface area (Å²) < 4.78 is 25.0. The molecule has 0 spiro atoms. The fourth-order valence-electron chi connectivity index (χ4n) is 2.48. The van der Waals surface area contributed by atoms with Gasteiger partial charge in [0.1, 0.15) is 0 Å². The fourth-order valence-corrected chi connectivity index (χ4v) is 4.28. The highest BCUT2D eigenvalue weighted by molar-refractivity contribution is 7.89. The Morgan fingerprint density at radius 3 is 2.71 bits per heavy atom. The third-order valence-electron chi connectivity index (χ3n) is 4.28. The van der Waals surface area contributed by atoms with E-state index >= 15 is 0 Å². The van der Waals surface area contributed by atoms with E-state index in [9.17, 15) is 18.0 Å². The Labute approximate surface area is 141 Å². The third kappa shape index (κ3) is 3.82. The maximum atomic E-state index is 12.3. The van der Waals surface area contributed by atoms with Crippen LogP contribution < -0.4 is 10.6 Å². The van der Waals surface area contributed by atoms with Gasteiger partial charge in [-0.3, -0.25) is 9.59 Å². The lowest BCUT2D eigenvalue weighted by molar-refractivity contribution is -0.111. The van der Waals surface area contributed by atoms with Crippen molar-refractivity contribution in [1.82, 2.24) is 9.62 Å². The van der Waals surface area contributed by atoms with Gasteiger partial charge in [0.05, 0.1) is 11.3 Å². The number of hydrogen-bond acceptors (Lipinski definition) is 4. The third-order valence-corrected chi connectivity index (χ3v) is 6.28. The van der Waals surface area contributed by atoms with Gasteiger partial charge in [0.2, 0.25) is 15.9 Å². The quantitative estimate of drug-likeness (QED) is 0.773. The summed E-state index contributed by atoms with van der Waals surface area (Å²) in [5.41, 5.74) is 0.228. The minimum atomic E-state index is -3.24. The number of carbonyl (C=O) groups excluding carboxylic acids is 2. The summed E-state index contributed by atoms with van der Waals surface area (Å²) in [4.78, 5) is 23.6. The van der Waals surface area contributed by atoms with Crippen LogP contribution in [0, 0.1) is 0 Å². The number of hydrogen-bond donors (Lipinski definition) is 2. The van der Waals surface area contributed by atoms with Crippen LogP contribution in [0.1, 0.15) is 23.7 Å². The number of amides is 2. The monoisotopic (exact) mass is 351 g/mol. The lowest BCUT2D eigenvalue weighted by Crippen LogP contribution is -2.49. The lowest BCUT2D eigenvalue weighted by atomic mass is 9.99. The van der Waals surface area contributed by atoms with E-state index in [0.717, 1.165) is 6.08 Å². The molecule has 1 unspecified atom stereocenters. The topological polar surface area (TPSA) is 95.6 Å². The van der Waals surface area contributed by atoms with Crippen molar-refractivity contribution in [2.75, 3.05) is 24.7 Å². The largest absolute Gasteiger partial charge is 0.350 e. The number of benzene rings is 1. The van der Waals surface area contributed by atoms with Crippen LogP contribution in [0.2, 0.25) is 0 Å². The Balaban J connectivity index is 2.04. The molecule has 24 heavy (non-hydrogen) atoms. The molecular weight excluding hydrogens is 330 g/mol. The van der Waals surface area contributed by atoms with Crippen molar-refractivity contribution in [2.45, 2.75) is 18.9 Å². The molecule has 130 valence electrons. The van der Waals surface area contributed by atoms with Gasteiger partial charge in [-0.1, -0.05) is 12.6 Å². The van der Waals surface area contributed by atoms with Gasteiger partial charge in [-0.05, 0) is 37.6 Å². The Kier molecular flexibility index (Phi) is 5.10. The number of rotatable bonds is 5. The van der Waals surface area contributed by atoms with E-state index < -0.39 is 15.6 Å². The normalized spacial score (nSPS) is 22.8. The van der Waals surface area contributed by atoms with E-state index in [0.29, 0.717) is 17.7 Å². The van der Waals surface area contributed by atoms with Crippen molar-refractivity contribution in [2.24, 2.45) is 0 Å². The van der Waals surface area contributed by atoms with Crippen LogP contribution in [0.4, 0.5) is 5.69 Å². The number of nitrogens with zero attached hydrogens (tertiary/aromatic N) is 1. The second-order valence-corrected chi connectivity index (χ2v) is 8.11. The molecule has 0 radical (unpaired) electrons. The summed E-state index contributed by atoms with van der Waals surface area (Å²) in [7, 11) is -1.72. The molecule has 1 atom stereocenters. The minimum Gasteiger partial charge on any atom is -0.350 e. The first-order valence-corrected chi connectivity index (χ1v) is 9.07. The molecule has 2 rings (SSSR count). The second kappa shape index (κ2) is 6.74. The molecule has 7 nitrogen and oxygen atoms in total. The van der Waals surface area contributed by atoms with Crippen molar-refractivity contribution in [1.29, 1.82) is 0 Å². The number of anilines is 1. The molecular formula is C16H21N3O4S. The van der Waals surface area contributed by atoms with Gasteiger partial charge in [0.25, 0.3) is 5.91 Å². The molecule has 2 N–H and O–H groups in total. The summed E-state index contributed by atoms with van der Waals surface area (Å²) in [5, 5.41) is 5.35. The lowest BCUT2D eigenvalue weighted by Gasteiger charge is -2.30. The summed E-state index contributed by atoms with van der Waals surface area (Å²) in [6.07, 6.45) is 1.60. The molecule has 1 aromatic rings. The van der Waals surface area contributed by atoms with Gasteiger partial charge in [-0.2, -0.15) is 4.31 Å². The van der Waals surface area contributed by atoms with Crippen LogP contribution in [-0.2, 0) is 14.8 Å². The van der Waals surface area contributed by atoms with Crippen molar-refractivity contribution >= 4 is 27.5 Å². The molecule has 1 heterocycles. The Hall–Kier alpha value is -2.19. The van der Waals surface area contributed by atoms with Gasteiger partial charge in [-0.25, -0.2) is 8.42 Å². The standard InChI is InChI=1S/C16H21N3O4S/c1-4-14(20)18-13-7-5-6-12(10-13)15(21)17-11-16(2)8-9-24(22,23)19(16)3/h4-7,10H,1,8-9,11H2,2-3H3,(H,17,21)(H,18,20). The molecule has 0 saturated carbocycles. The number of likely N-dealkylation sites (N-methyl/N-ethyl adjacent to an activating group) is 1. The van der Waals surface area contributed by atoms with E-state index in [1.807, 2.05) is 0 Å². The van der Waals surface area contributed by atoms with Crippen molar-refractivity contribution in [3.8, 4) is 0 Å². The molecule has 1 aliphatic rings. The summed E-state index contributed by atoms with van der Waals surface area (Å²) >= 11 is 0. The van der Waals surface area contributed by atoms with Crippen molar-refractivity contribution in [3.05, 3.63) is 42.5 Å². The van der Waals surface area contributed by atoms with Crippen LogP contribution in [0.25, 0.3) is 0 Å². The molecule has 0 aromatic heterocycles. The van der Waals surface area contributed by atoms with Gasteiger partial charge in [0, 0.05) is 24.8 Å². The number of nitrogens with one attached hydrogen (secondary N) is 2. The first-order chi connectivity index (χ1) is 11.2. The van der Waals surface area contributed by atoms with Crippen LogP contribution >= 0.6 is 0 Å². The van der Waals surface area contributed by atoms with Gasteiger partial charge in [0.15, 0.2) is 0 Å². The van der Waals surface area contributed by atoms with Crippen LogP contribution in [0.5, 0.6) is 0 Å². The van der Waals surface area contributed by atoms with Gasteiger partial charge in [-0.15, -0.1) is 0 Å². The Bertz CT molecular complexity index is 775. The zero-order valence-electron chi connectivity index (χ0n) is 13.7. The van der Waals surface area contributed by atoms with Crippen molar-refractivity contribution in [3.63, 3.8) is 0 Å². The zero-order valence-corrected chi connectivity index (χ0v) is 14.5. The number of carbonyl (C=O) groups is 2. The highest BCUT2D eigenvalue weighted by Gasteiger charge is 2.44. The summed E-state index contributed by atoms with van der Waals surface area (Å²) in [6.45, 7) is 5.39. The Morgan fingerprint density at radius 1 is 1.42 bits per heavy atom. The molecule has 1 aliphatic heterocycles. The van der Waals surface area contributed by atoms with Gasteiger partial charge >= 0.3 is 0 Å². The molecule has 1 fully saturated rings. The second-order valence-electron chi connectivity index (χ2n) is 5.99. The molecule has 2 amide bonds. The molecule has 1 aromatic carbocycles. The van der Waals surface area contributed by atoms with E-state index in [1.54, 1.807) is 31.2 Å². The first kappa shape index (κ1) is 18.2. The van der Waals surface area contributed by atoms with E-state index in [-0.39, 0.29) is 24.1 Å². The SMILES string of the molecule is C=CC(=O)Nc1cccc(C(=O)NCC2(C)CCS(=O)(=O)N2C)c1. The summed E-state index contributed by atoms with van der Waals surface area (Å²) in [6, 6.07) is 6.49. The average molecular weight is 351 g/mol. The maximum Gasteiger partial charge on any atom is 0.251 e. The molecule has 0 bridgehead atoms. The fraction of sp³-hybridized carbons (Fsp3) is 0.375. The van der Waals surface area contributed by atoms with E-state index in [2.05, 4.69) is 17.2 Å². The molecule has 8 heteroatoms. The highest BCUT2D eigenvalue weighted by Crippen LogP contribution is 2.29. The maximum absolute atomic E-state index is 12.3. The average Bonchev–Trinajstić information content (AvgIpc) is 2.77. The Morgan fingerprint density at radius 2 is 2.12 bits per heavy atom. The predicted octanol–water partition coefficient (Wildman–Crippen LogP) is 0.965. The van der Waals surface area contributed by atoms with Crippen molar-refractivity contribution < 1.29 is 18.0 Å². The minimum absolute atomic E-state index is 0.0823. The molecule has 1 saturated heterocycles. The zero-order chi connectivity index (χ0) is 18.0. The van der Waals surface area contributed by atoms with Crippen LogP contribution in [0.3, 0.4) is 0 Å². The number of sulfonamides is 1. The highest BCUT2D eigenvalue weighted by atomic mass is 32.2.